The molecule has 2 amide bonds. The highest BCUT2D eigenvalue weighted by Crippen LogP contribution is 2.36. The molecule has 2 aromatic carbocycles. The lowest BCUT2D eigenvalue weighted by atomic mass is 9.95. The fourth-order valence-electron chi connectivity index (χ4n) is 4.94. The summed E-state index contributed by atoms with van der Waals surface area (Å²) in [6.07, 6.45) is 4.11. The van der Waals surface area contributed by atoms with Crippen molar-refractivity contribution >= 4 is 17.7 Å². The van der Waals surface area contributed by atoms with E-state index in [0.717, 1.165) is 35.5 Å². The van der Waals surface area contributed by atoms with E-state index in [1.807, 2.05) is 71.6 Å². The molecule has 7 nitrogen and oxygen atoms in total. The van der Waals surface area contributed by atoms with Crippen LogP contribution in [0.15, 0.2) is 72.9 Å². The second-order valence-corrected chi connectivity index (χ2v) is 9.15. The van der Waals surface area contributed by atoms with Gasteiger partial charge in [0, 0.05) is 49.1 Å². The number of hydrogen-bond donors (Lipinski definition) is 0. The van der Waals surface area contributed by atoms with E-state index in [0.29, 0.717) is 38.0 Å². The van der Waals surface area contributed by atoms with Gasteiger partial charge in [0.1, 0.15) is 11.4 Å². The van der Waals surface area contributed by atoms with Gasteiger partial charge in [0.05, 0.1) is 19.2 Å². The second-order valence-electron chi connectivity index (χ2n) is 9.15. The molecule has 1 atom stereocenters. The van der Waals surface area contributed by atoms with Gasteiger partial charge in [-0.15, -0.1) is 0 Å². The fraction of sp³-hybridized carbons (Fsp3) is 0.321. The van der Waals surface area contributed by atoms with E-state index in [1.165, 1.54) is 0 Å². The van der Waals surface area contributed by atoms with Crippen molar-refractivity contribution in [1.29, 1.82) is 0 Å². The van der Waals surface area contributed by atoms with Gasteiger partial charge in [-0.2, -0.15) is 0 Å². The molecule has 3 aromatic rings. The van der Waals surface area contributed by atoms with Crippen LogP contribution < -0.4 is 9.64 Å². The molecule has 1 aromatic heterocycles. The highest BCUT2D eigenvalue weighted by molar-refractivity contribution is 5.94. The summed E-state index contributed by atoms with van der Waals surface area (Å²) in [6.45, 7) is 1.68. The number of methoxy groups -OCH3 is 1. The average Bonchev–Trinajstić information content (AvgIpc) is 3.08. The van der Waals surface area contributed by atoms with Gasteiger partial charge in [0.2, 0.25) is 0 Å². The Hall–Kier alpha value is -3.87. The third-order valence-corrected chi connectivity index (χ3v) is 6.86. The number of ether oxygens (including phenoxy) is 2. The van der Waals surface area contributed by atoms with Gasteiger partial charge in [-0.25, -0.2) is 4.79 Å². The monoisotopic (exact) mass is 471 g/mol. The van der Waals surface area contributed by atoms with E-state index in [2.05, 4.69) is 4.98 Å². The number of carbonyl (C=O) groups excluding carboxylic acids is 2. The summed E-state index contributed by atoms with van der Waals surface area (Å²) < 4.78 is 11.3. The molecule has 3 heterocycles. The maximum absolute atomic E-state index is 13.2. The van der Waals surface area contributed by atoms with Crippen LogP contribution in [-0.2, 0) is 11.2 Å². The SMILES string of the molecule is COc1ccccc1Cc1ccc(C(=O)N2CCC[C@@]3(CC2)CN(c2ccccc2)C(=O)O3)cn1. The first-order valence-corrected chi connectivity index (χ1v) is 12.0. The number of benzene rings is 2. The maximum atomic E-state index is 13.2. The number of carbonyl (C=O) groups is 2. The zero-order valence-electron chi connectivity index (χ0n) is 19.9. The lowest BCUT2D eigenvalue weighted by molar-refractivity contribution is 0.0438. The second kappa shape index (κ2) is 9.78. The fourth-order valence-corrected chi connectivity index (χ4v) is 4.94. The minimum atomic E-state index is -0.557. The predicted octanol–water partition coefficient (Wildman–Crippen LogP) is 4.70. The molecular formula is C28H29N3O4. The molecule has 180 valence electrons. The number of anilines is 1. The minimum absolute atomic E-state index is 0.0392. The number of rotatable bonds is 5. The highest BCUT2D eigenvalue weighted by atomic mass is 16.6. The predicted molar refractivity (Wildman–Crippen MR) is 133 cm³/mol. The normalized spacial score (nSPS) is 20.0. The molecule has 7 heteroatoms. The lowest BCUT2D eigenvalue weighted by Crippen LogP contribution is -2.37. The van der Waals surface area contributed by atoms with Crippen LogP contribution in [0.3, 0.4) is 0 Å². The number of amides is 2. The van der Waals surface area contributed by atoms with E-state index in [9.17, 15) is 9.59 Å². The van der Waals surface area contributed by atoms with Crippen molar-refractivity contribution in [3.63, 3.8) is 0 Å². The van der Waals surface area contributed by atoms with Crippen molar-refractivity contribution in [2.75, 3.05) is 31.6 Å². The summed E-state index contributed by atoms with van der Waals surface area (Å²) in [6, 6.07) is 21.2. The number of para-hydroxylation sites is 2. The van der Waals surface area contributed by atoms with E-state index >= 15 is 0 Å². The quantitative estimate of drug-likeness (QED) is 0.539. The third kappa shape index (κ3) is 4.85. The Morgan fingerprint density at radius 1 is 1.03 bits per heavy atom. The summed E-state index contributed by atoms with van der Waals surface area (Å²) in [5, 5.41) is 0. The first kappa shape index (κ1) is 22.9. The molecule has 0 radical (unpaired) electrons. The largest absolute Gasteiger partial charge is 0.496 e. The molecule has 0 unspecified atom stereocenters. The molecular weight excluding hydrogens is 442 g/mol. The number of likely N-dealkylation sites (tertiary alicyclic amines) is 1. The van der Waals surface area contributed by atoms with Crippen molar-refractivity contribution in [1.82, 2.24) is 9.88 Å². The van der Waals surface area contributed by atoms with E-state index in [-0.39, 0.29) is 12.0 Å². The number of aromatic nitrogens is 1. The molecule has 0 aliphatic carbocycles. The minimum Gasteiger partial charge on any atom is -0.496 e. The van der Waals surface area contributed by atoms with Gasteiger partial charge in [0.25, 0.3) is 5.91 Å². The summed E-state index contributed by atoms with van der Waals surface area (Å²) in [4.78, 5) is 33.9. The molecule has 0 saturated carbocycles. The van der Waals surface area contributed by atoms with Crippen LogP contribution in [0, 0.1) is 0 Å². The van der Waals surface area contributed by atoms with E-state index in [1.54, 1.807) is 18.2 Å². The molecule has 5 rings (SSSR count). The first-order valence-electron chi connectivity index (χ1n) is 12.0. The smallest absolute Gasteiger partial charge is 0.415 e. The van der Waals surface area contributed by atoms with Crippen LogP contribution in [-0.4, -0.2) is 54.2 Å². The topological polar surface area (TPSA) is 72.0 Å². The van der Waals surface area contributed by atoms with Crippen molar-refractivity contribution in [2.24, 2.45) is 0 Å². The summed E-state index contributed by atoms with van der Waals surface area (Å²) >= 11 is 0. The standard InChI is InChI=1S/C28H29N3O4/c1-34-25-11-6-5-8-21(25)18-23-13-12-22(19-29-23)26(32)30-16-7-14-28(15-17-30)20-31(27(33)35-28)24-9-3-2-4-10-24/h2-6,8-13,19H,7,14-18,20H2,1H3/t28-/m1/s1. The van der Waals surface area contributed by atoms with Crippen LogP contribution >= 0.6 is 0 Å². The van der Waals surface area contributed by atoms with Gasteiger partial charge in [-0.3, -0.25) is 14.7 Å². The number of pyridine rings is 1. The Balaban J connectivity index is 1.23. The van der Waals surface area contributed by atoms with Gasteiger partial charge in [0.15, 0.2) is 0 Å². The first-order chi connectivity index (χ1) is 17.1. The van der Waals surface area contributed by atoms with Crippen LogP contribution in [0.5, 0.6) is 5.75 Å². The Morgan fingerprint density at radius 3 is 2.60 bits per heavy atom. The lowest BCUT2D eigenvalue weighted by Gasteiger charge is -2.25. The molecule has 2 aliphatic heterocycles. The Bertz CT molecular complexity index is 1200. The Morgan fingerprint density at radius 2 is 1.83 bits per heavy atom. The number of nitrogens with zero attached hydrogens (tertiary/aromatic N) is 3. The Kier molecular flexibility index (Phi) is 6.40. The molecule has 1 spiro atoms. The van der Waals surface area contributed by atoms with Crippen molar-refractivity contribution in [2.45, 2.75) is 31.3 Å². The zero-order valence-corrected chi connectivity index (χ0v) is 19.9. The average molecular weight is 472 g/mol. The van der Waals surface area contributed by atoms with Crippen molar-refractivity contribution < 1.29 is 19.1 Å². The van der Waals surface area contributed by atoms with Gasteiger partial charge in [-0.05, 0) is 43.2 Å². The van der Waals surface area contributed by atoms with E-state index in [4.69, 9.17) is 9.47 Å². The molecule has 2 aliphatic rings. The van der Waals surface area contributed by atoms with Crippen LogP contribution in [0.25, 0.3) is 0 Å². The van der Waals surface area contributed by atoms with Gasteiger partial charge >= 0.3 is 6.09 Å². The number of hydrogen-bond acceptors (Lipinski definition) is 5. The zero-order chi connectivity index (χ0) is 24.3. The molecule has 2 saturated heterocycles. The molecule has 2 fully saturated rings. The highest BCUT2D eigenvalue weighted by Gasteiger charge is 2.46. The third-order valence-electron chi connectivity index (χ3n) is 6.86. The maximum Gasteiger partial charge on any atom is 0.415 e. The van der Waals surface area contributed by atoms with Crippen LogP contribution in [0.4, 0.5) is 10.5 Å². The van der Waals surface area contributed by atoms with Gasteiger partial charge < -0.3 is 14.4 Å². The Labute approximate surface area is 205 Å². The van der Waals surface area contributed by atoms with Crippen LogP contribution in [0.2, 0.25) is 0 Å². The summed E-state index contributed by atoms with van der Waals surface area (Å²) in [5.41, 5.74) is 2.78. The van der Waals surface area contributed by atoms with Gasteiger partial charge in [-0.1, -0.05) is 36.4 Å². The van der Waals surface area contributed by atoms with Crippen LogP contribution in [0.1, 0.15) is 40.9 Å². The van der Waals surface area contributed by atoms with E-state index < -0.39 is 5.60 Å². The molecule has 35 heavy (non-hydrogen) atoms. The van der Waals surface area contributed by atoms with Crippen molar-refractivity contribution in [3.8, 4) is 5.75 Å². The van der Waals surface area contributed by atoms with Crippen molar-refractivity contribution in [3.05, 3.63) is 89.7 Å². The summed E-state index contributed by atoms with van der Waals surface area (Å²) in [5.74, 6) is 0.786. The molecule has 0 N–H and O–H groups in total. The molecule has 0 bridgehead atoms. The summed E-state index contributed by atoms with van der Waals surface area (Å²) in [7, 11) is 1.66.